The summed E-state index contributed by atoms with van der Waals surface area (Å²) >= 11 is 0. The number of aliphatic imine (C=N–C) groups is 2. The summed E-state index contributed by atoms with van der Waals surface area (Å²) in [6.45, 7) is 1.97. The Kier molecular flexibility index (Phi) is 6.71. The first-order chi connectivity index (χ1) is 16.4. The number of benzene rings is 1. The lowest BCUT2D eigenvalue weighted by molar-refractivity contribution is -0.136. The van der Waals surface area contributed by atoms with Crippen LogP contribution in [0.3, 0.4) is 0 Å². The molecule has 1 saturated carbocycles. The molecule has 178 valence electrons. The summed E-state index contributed by atoms with van der Waals surface area (Å²) in [4.78, 5) is 45.7. The summed E-state index contributed by atoms with van der Waals surface area (Å²) in [5.74, 6) is -0.660. The lowest BCUT2D eigenvalue weighted by Gasteiger charge is -2.15. The van der Waals surface area contributed by atoms with Gasteiger partial charge in [0.05, 0.1) is 25.8 Å². The number of aromatic nitrogens is 2. The smallest absolute Gasteiger partial charge is 0.314 e. The fourth-order valence-electron chi connectivity index (χ4n) is 4.00. The molecule has 1 atom stereocenters. The number of rotatable bonds is 6. The van der Waals surface area contributed by atoms with E-state index in [1.807, 2.05) is 12.1 Å². The highest BCUT2D eigenvalue weighted by Crippen LogP contribution is 2.28. The molecule has 4 rings (SSSR count). The fourth-order valence-corrected chi connectivity index (χ4v) is 4.00. The van der Waals surface area contributed by atoms with Gasteiger partial charge < -0.3 is 20.1 Å². The third-order valence-electron chi connectivity index (χ3n) is 5.70. The number of nitrogens with one attached hydrogen (secondary N) is 2. The van der Waals surface area contributed by atoms with Gasteiger partial charge in [-0.05, 0) is 50.3 Å². The van der Waals surface area contributed by atoms with Gasteiger partial charge in [0.2, 0.25) is 0 Å². The van der Waals surface area contributed by atoms with Crippen LogP contribution in [0.5, 0.6) is 11.5 Å². The highest BCUT2D eigenvalue weighted by molar-refractivity contribution is 6.39. The monoisotopic (exact) mass is 466 g/mol. The summed E-state index contributed by atoms with van der Waals surface area (Å²) in [7, 11) is 3.11. The number of anilines is 1. The molecule has 0 saturated heterocycles. The number of nitrogens with zero attached hydrogens (tertiary/aromatic N) is 4. The number of hydrogen-bond acceptors (Lipinski definition) is 7. The Morgan fingerprint density at radius 3 is 2.68 bits per heavy atom. The molecule has 2 N–H and O–H groups in total. The number of methoxy groups -OCH3 is 2. The number of aryl methyl sites for hydroxylation is 1. The van der Waals surface area contributed by atoms with Gasteiger partial charge in [-0.3, -0.25) is 14.4 Å². The summed E-state index contributed by atoms with van der Waals surface area (Å²) in [6, 6.07) is 7.04. The van der Waals surface area contributed by atoms with Crippen molar-refractivity contribution in [3.8, 4) is 11.5 Å². The Morgan fingerprint density at radius 1 is 1.12 bits per heavy atom. The minimum Gasteiger partial charge on any atom is -0.493 e. The Morgan fingerprint density at radius 2 is 1.91 bits per heavy atom. The molecule has 3 amide bonds. The largest absolute Gasteiger partial charge is 0.493 e. The third kappa shape index (κ3) is 4.82. The number of amides is 3. The van der Waals surface area contributed by atoms with Crippen LogP contribution >= 0.6 is 0 Å². The predicted molar refractivity (Wildman–Crippen MR) is 124 cm³/mol. The summed E-state index contributed by atoms with van der Waals surface area (Å²) in [5.41, 5.74) is 2.28. The molecule has 11 nitrogen and oxygen atoms in total. The van der Waals surface area contributed by atoms with E-state index < -0.39 is 11.8 Å². The van der Waals surface area contributed by atoms with Crippen LogP contribution in [-0.4, -0.2) is 59.9 Å². The van der Waals surface area contributed by atoms with Gasteiger partial charge in [-0.25, -0.2) is 4.99 Å². The second-order valence-corrected chi connectivity index (χ2v) is 8.03. The number of fused-ring (bicyclic) bond motifs is 1. The molecule has 1 unspecified atom stereocenters. The topological polar surface area (TPSA) is 136 Å². The van der Waals surface area contributed by atoms with E-state index in [9.17, 15) is 14.4 Å². The summed E-state index contributed by atoms with van der Waals surface area (Å²) in [5, 5.41) is 9.42. The number of carbonyl (C=O) groups is 3. The Hall–Kier alpha value is -4.02. The van der Waals surface area contributed by atoms with Gasteiger partial charge in [-0.2, -0.15) is 14.8 Å². The first-order valence-corrected chi connectivity index (χ1v) is 11.0. The Labute approximate surface area is 196 Å². The standard InChI is InChI=1S/C23H26N6O5/c1-13-11-19(29(28-13)23-25-16-6-4-5-15(16)20(30)27-23)26-22(32)21(31)24-10-9-14-7-8-17(33-2)18(12-14)34-3/h7-8,11-12,15H,4-6,9-10H2,1-3H3,(H,24,31)(H,26,32). The van der Waals surface area contributed by atoms with Crippen molar-refractivity contribution in [3.05, 3.63) is 35.5 Å². The van der Waals surface area contributed by atoms with E-state index in [-0.39, 0.29) is 30.1 Å². The van der Waals surface area contributed by atoms with Gasteiger partial charge in [0.25, 0.3) is 11.9 Å². The molecule has 1 aliphatic heterocycles. The SMILES string of the molecule is COc1ccc(CCNC(=O)C(=O)Nc2cc(C)nn2C2=NC(=O)C3CCCC3=N2)cc1OC. The molecule has 0 bridgehead atoms. The van der Waals surface area contributed by atoms with E-state index in [2.05, 4.69) is 25.7 Å². The van der Waals surface area contributed by atoms with Gasteiger partial charge in [-0.1, -0.05) is 6.07 Å². The van der Waals surface area contributed by atoms with Gasteiger partial charge >= 0.3 is 11.8 Å². The van der Waals surface area contributed by atoms with E-state index in [0.29, 0.717) is 23.6 Å². The summed E-state index contributed by atoms with van der Waals surface area (Å²) < 4.78 is 11.8. The zero-order chi connectivity index (χ0) is 24.2. The molecule has 2 aliphatic rings. The van der Waals surface area contributed by atoms with E-state index in [4.69, 9.17) is 9.47 Å². The maximum atomic E-state index is 12.5. The van der Waals surface area contributed by atoms with Crippen LogP contribution in [0.25, 0.3) is 0 Å². The van der Waals surface area contributed by atoms with Crippen molar-refractivity contribution in [3.63, 3.8) is 0 Å². The first-order valence-electron chi connectivity index (χ1n) is 11.0. The lowest BCUT2D eigenvalue weighted by Crippen LogP contribution is -2.37. The number of carbonyl (C=O) groups excluding carboxylic acids is 3. The molecule has 1 aromatic carbocycles. The second-order valence-electron chi connectivity index (χ2n) is 8.03. The van der Waals surface area contributed by atoms with Gasteiger partial charge in [-0.15, -0.1) is 0 Å². The first kappa shape index (κ1) is 23.1. The van der Waals surface area contributed by atoms with Crippen LogP contribution in [0, 0.1) is 12.8 Å². The van der Waals surface area contributed by atoms with E-state index in [1.165, 1.54) is 4.68 Å². The average molecular weight is 466 g/mol. The van der Waals surface area contributed by atoms with Crippen molar-refractivity contribution in [1.29, 1.82) is 0 Å². The van der Waals surface area contributed by atoms with Crippen molar-refractivity contribution < 1.29 is 23.9 Å². The van der Waals surface area contributed by atoms with Gasteiger partial charge in [0, 0.05) is 18.3 Å². The molecule has 2 heterocycles. The number of ether oxygens (including phenoxy) is 2. The predicted octanol–water partition coefficient (Wildman–Crippen LogP) is 1.49. The molecular weight excluding hydrogens is 440 g/mol. The normalized spacial score (nSPS) is 16.9. The molecule has 2 aromatic rings. The molecule has 34 heavy (non-hydrogen) atoms. The zero-order valence-corrected chi connectivity index (χ0v) is 19.3. The van der Waals surface area contributed by atoms with E-state index in [0.717, 1.165) is 30.5 Å². The second kappa shape index (κ2) is 9.86. The Balaban J connectivity index is 1.38. The van der Waals surface area contributed by atoms with Gasteiger partial charge in [0.1, 0.15) is 5.82 Å². The van der Waals surface area contributed by atoms with Crippen molar-refractivity contribution in [1.82, 2.24) is 15.1 Å². The number of hydrogen-bond donors (Lipinski definition) is 2. The van der Waals surface area contributed by atoms with Crippen LogP contribution in [0.15, 0.2) is 34.3 Å². The van der Waals surface area contributed by atoms with Crippen molar-refractivity contribution >= 4 is 35.2 Å². The third-order valence-corrected chi connectivity index (χ3v) is 5.70. The van der Waals surface area contributed by atoms with Crippen molar-refractivity contribution in [2.45, 2.75) is 32.6 Å². The van der Waals surface area contributed by atoms with Gasteiger partial charge in [0.15, 0.2) is 11.5 Å². The molecule has 11 heteroatoms. The Bertz CT molecular complexity index is 1200. The van der Waals surface area contributed by atoms with Crippen LogP contribution < -0.4 is 20.1 Å². The molecule has 0 spiro atoms. The van der Waals surface area contributed by atoms with E-state index in [1.54, 1.807) is 33.3 Å². The van der Waals surface area contributed by atoms with Crippen LogP contribution in [0.2, 0.25) is 0 Å². The fraction of sp³-hybridized carbons (Fsp3) is 0.391. The zero-order valence-electron chi connectivity index (χ0n) is 19.3. The van der Waals surface area contributed by atoms with E-state index >= 15 is 0 Å². The molecule has 1 fully saturated rings. The summed E-state index contributed by atoms with van der Waals surface area (Å²) in [6.07, 6.45) is 2.87. The minimum absolute atomic E-state index is 0.0930. The van der Waals surface area contributed by atoms with Crippen LogP contribution in [0.1, 0.15) is 30.5 Å². The highest BCUT2D eigenvalue weighted by Gasteiger charge is 2.33. The van der Waals surface area contributed by atoms with Crippen molar-refractivity contribution in [2.24, 2.45) is 15.9 Å². The van der Waals surface area contributed by atoms with Crippen LogP contribution in [0.4, 0.5) is 5.82 Å². The molecule has 1 aliphatic carbocycles. The van der Waals surface area contributed by atoms with Crippen molar-refractivity contribution in [2.75, 3.05) is 26.1 Å². The molecule has 0 radical (unpaired) electrons. The highest BCUT2D eigenvalue weighted by atomic mass is 16.5. The molecule has 1 aromatic heterocycles. The maximum Gasteiger partial charge on any atom is 0.314 e. The van der Waals surface area contributed by atoms with Crippen LogP contribution in [-0.2, 0) is 20.8 Å². The average Bonchev–Trinajstić information content (AvgIpc) is 3.45. The quantitative estimate of drug-likeness (QED) is 0.619. The maximum absolute atomic E-state index is 12.5. The lowest BCUT2D eigenvalue weighted by atomic mass is 10.1. The molecular formula is C23H26N6O5. The minimum atomic E-state index is -0.859.